The minimum Gasteiger partial charge on any atom is -0.304 e. The van der Waals surface area contributed by atoms with Crippen LogP contribution in [-0.2, 0) is 4.84 Å². The van der Waals surface area contributed by atoms with E-state index < -0.39 is 0 Å². The maximum atomic E-state index is 5.07. The van der Waals surface area contributed by atoms with Crippen LogP contribution in [0.5, 0.6) is 0 Å². The van der Waals surface area contributed by atoms with E-state index in [-0.39, 0.29) is 0 Å². The van der Waals surface area contributed by atoms with Crippen LogP contribution in [0.1, 0.15) is 25.7 Å². The average Bonchev–Trinajstić information content (AvgIpc) is 2.61. The fraction of sp³-hybridized carbons (Fsp3) is 0.800. The van der Waals surface area contributed by atoms with Crippen molar-refractivity contribution < 1.29 is 4.84 Å². The smallest absolute Gasteiger partial charge is 0.0712 e. The van der Waals surface area contributed by atoms with Gasteiger partial charge >= 0.3 is 0 Å². The van der Waals surface area contributed by atoms with E-state index in [9.17, 15) is 0 Å². The van der Waals surface area contributed by atoms with Crippen molar-refractivity contribution in [3.63, 3.8) is 0 Å². The van der Waals surface area contributed by atoms with Gasteiger partial charge in [-0.15, -0.1) is 11.8 Å². The van der Waals surface area contributed by atoms with Crippen LogP contribution >= 0.6 is 0 Å². The van der Waals surface area contributed by atoms with Gasteiger partial charge in [-0.05, 0) is 30.6 Å². The van der Waals surface area contributed by atoms with Crippen molar-refractivity contribution in [2.24, 2.45) is 23.7 Å². The molecule has 12 heavy (non-hydrogen) atoms. The van der Waals surface area contributed by atoms with Crippen molar-refractivity contribution in [2.75, 3.05) is 6.61 Å². The Bertz CT molecular complexity index is 198. The summed E-state index contributed by atoms with van der Waals surface area (Å²) in [5.41, 5.74) is 0. The molecule has 0 aromatic carbocycles. The van der Waals surface area contributed by atoms with Crippen molar-refractivity contribution in [3.05, 3.63) is 0 Å². The lowest BCUT2D eigenvalue weighted by Crippen LogP contribution is -2.04. The summed E-state index contributed by atoms with van der Waals surface area (Å²) in [4.78, 5) is 4.70. The zero-order valence-electron chi connectivity index (χ0n) is 7.25. The lowest BCUT2D eigenvalue weighted by Gasteiger charge is -1.96. The number of rotatable bonds is 2. The van der Waals surface area contributed by atoms with E-state index in [2.05, 4.69) is 11.8 Å². The standard InChI is InChI=1S/C10H15NO/c11-12-7-10-8-5-3-1-2-4-6-9(8)10/h8-10H,3-7,11H2. The highest BCUT2D eigenvalue weighted by Gasteiger charge is 2.48. The van der Waals surface area contributed by atoms with Crippen molar-refractivity contribution in [1.82, 2.24) is 0 Å². The summed E-state index contributed by atoms with van der Waals surface area (Å²) >= 11 is 0. The number of hydrogen-bond donors (Lipinski definition) is 1. The zero-order chi connectivity index (χ0) is 8.39. The van der Waals surface area contributed by atoms with Gasteiger partial charge in [0.2, 0.25) is 0 Å². The summed E-state index contributed by atoms with van der Waals surface area (Å²) in [6, 6.07) is 0. The highest BCUT2D eigenvalue weighted by Crippen LogP contribution is 2.52. The Morgan fingerprint density at radius 2 is 1.75 bits per heavy atom. The van der Waals surface area contributed by atoms with Crippen LogP contribution in [0.25, 0.3) is 0 Å². The fourth-order valence-corrected chi connectivity index (χ4v) is 2.39. The van der Waals surface area contributed by atoms with Gasteiger partial charge < -0.3 is 4.84 Å². The Labute approximate surface area is 73.4 Å². The molecule has 0 bridgehead atoms. The second-order valence-electron chi connectivity index (χ2n) is 3.76. The van der Waals surface area contributed by atoms with Crippen LogP contribution in [0, 0.1) is 29.6 Å². The molecule has 2 atom stereocenters. The zero-order valence-corrected chi connectivity index (χ0v) is 7.25. The first-order valence-electron chi connectivity index (χ1n) is 4.71. The molecule has 2 N–H and O–H groups in total. The number of hydrogen-bond acceptors (Lipinski definition) is 2. The fourth-order valence-electron chi connectivity index (χ4n) is 2.39. The van der Waals surface area contributed by atoms with E-state index >= 15 is 0 Å². The van der Waals surface area contributed by atoms with Gasteiger partial charge in [-0.25, -0.2) is 5.90 Å². The van der Waals surface area contributed by atoms with E-state index in [0.29, 0.717) is 0 Å². The van der Waals surface area contributed by atoms with Gasteiger partial charge in [-0.3, -0.25) is 0 Å². The first-order chi connectivity index (χ1) is 5.93. The Morgan fingerprint density at radius 1 is 1.17 bits per heavy atom. The molecule has 0 spiro atoms. The van der Waals surface area contributed by atoms with Crippen LogP contribution in [0.2, 0.25) is 0 Å². The predicted molar refractivity (Wildman–Crippen MR) is 46.9 cm³/mol. The molecule has 66 valence electrons. The normalized spacial score (nSPS) is 38.6. The molecule has 0 aliphatic heterocycles. The summed E-state index contributed by atoms with van der Waals surface area (Å²) in [5.74, 6) is 13.9. The molecule has 2 nitrogen and oxygen atoms in total. The quantitative estimate of drug-likeness (QED) is 0.494. The second kappa shape index (κ2) is 3.47. The number of fused-ring (bicyclic) bond motifs is 1. The van der Waals surface area contributed by atoms with E-state index in [1.54, 1.807) is 0 Å². The number of nitrogens with two attached hydrogens (primary N) is 1. The van der Waals surface area contributed by atoms with Crippen LogP contribution < -0.4 is 5.90 Å². The van der Waals surface area contributed by atoms with Crippen LogP contribution in [-0.4, -0.2) is 6.61 Å². The van der Waals surface area contributed by atoms with E-state index in [4.69, 9.17) is 10.7 Å². The van der Waals surface area contributed by atoms with Gasteiger partial charge in [0.05, 0.1) is 6.61 Å². The highest BCUT2D eigenvalue weighted by molar-refractivity contribution is 5.07. The maximum absolute atomic E-state index is 5.07. The van der Waals surface area contributed by atoms with Crippen LogP contribution in [0.15, 0.2) is 0 Å². The Morgan fingerprint density at radius 3 is 2.25 bits per heavy atom. The van der Waals surface area contributed by atoms with Crippen molar-refractivity contribution in [2.45, 2.75) is 25.7 Å². The lowest BCUT2D eigenvalue weighted by molar-refractivity contribution is 0.120. The molecule has 2 aliphatic carbocycles. The van der Waals surface area contributed by atoms with Gasteiger partial charge in [0.25, 0.3) is 0 Å². The molecule has 0 radical (unpaired) electrons. The molecule has 2 unspecified atom stereocenters. The molecule has 2 aliphatic rings. The molecule has 0 saturated heterocycles. The van der Waals surface area contributed by atoms with Gasteiger partial charge in [0.1, 0.15) is 0 Å². The van der Waals surface area contributed by atoms with E-state index in [0.717, 1.165) is 37.2 Å². The van der Waals surface area contributed by atoms with E-state index in [1.165, 1.54) is 12.8 Å². The molecule has 1 saturated carbocycles. The van der Waals surface area contributed by atoms with Gasteiger partial charge in [0.15, 0.2) is 0 Å². The first kappa shape index (κ1) is 8.10. The summed E-state index contributed by atoms with van der Waals surface area (Å²) < 4.78 is 0. The predicted octanol–water partition coefficient (Wildman–Crippen LogP) is 1.32. The summed E-state index contributed by atoms with van der Waals surface area (Å²) in [6.45, 7) is 0.745. The van der Waals surface area contributed by atoms with Crippen molar-refractivity contribution in [1.29, 1.82) is 0 Å². The molecule has 2 rings (SSSR count). The Hall–Kier alpha value is -0.520. The highest BCUT2D eigenvalue weighted by atomic mass is 16.6. The summed E-state index contributed by atoms with van der Waals surface area (Å²) in [6.07, 6.45) is 4.65. The maximum Gasteiger partial charge on any atom is 0.0712 e. The van der Waals surface area contributed by atoms with Crippen molar-refractivity contribution >= 4 is 0 Å². The largest absolute Gasteiger partial charge is 0.304 e. The first-order valence-corrected chi connectivity index (χ1v) is 4.71. The molecule has 1 fully saturated rings. The Kier molecular flexibility index (Phi) is 2.34. The Balaban J connectivity index is 1.87. The minimum absolute atomic E-state index is 0.733. The average molecular weight is 165 g/mol. The van der Waals surface area contributed by atoms with Crippen LogP contribution in [0.3, 0.4) is 0 Å². The third kappa shape index (κ3) is 1.48. The molecule has 0 aromatic heterocycles. The molecule has 0 amide bonds. The van der Waals surface area contributed by atoms with Gasteiger partial charge in [-0.1, -0.05) is 0 Å². The lowest BCUT2D eigenvalue weighted by atomic mass is 10.1. The molecular formula is C10H15NO. The molecule has 0 aromatic rings. The monoisotopic (exact) mass is 165 g/mol. The minimum atomic E-state index is 0.733. The molecule has 0 heterocycles. The molecular weight excluding hydrogens is 150 g/mol. The van der Waals surface area contributed by atoms with Gasteiger partial charge in [-0.2, -0.15) is 0 Å². The van der Waals surface area contributed by atoms with E-state index in [1.807, 2.05) is 0 Å². The second-order valence-corrected chi connectivity index (χ2v) is 3.76. The SMILES string of the molecule is NOCC1C2CCC#CCCC21. The summed E-state index contributed by atoms with van der Waals surface area (Å²) in [5, 5.41) is 0. The van der Waals surface area contributed by atoms with Crippen LogP contribution in [0.4, 0.5) is 0 Å². The third-order valence-electron chi connectivity index (χ3n) is 3.13. The third-order valence-corrected chi connectivity index (χ3v) is 3.13. The topological polar surface area (TPSA) is 35.2 Å². The molecule has 2 heteroatoms. The van der Waals surface area contributed by atoms with Crippen molar-refractivity contribution in [3.8, 4) is 11.8 Å². The van der Waals surface area contributed by atoms with Gasteiger partial charge in [0, 0.05) is 12.8 Å². The summed E-state index contributed by atoms with van der Waals surface area (Å²) in [7, 11) is 0.